The number of esters is 1. The summed E-state index contributed by atoms with van der Waals surface area (Å²) in [4.78, 5) is 35.2. The van der Waals surface area contributed by atoms with Gasteiger partial charge in [-0.1, -0.05) is 0 Å². The second kappa shape index (κ2) is 8.68. The molecule has 8 nitrogen and oxygen atoms in total. The third-order valence-corrected chi connectivity index (χ3v) is 4.29. The van der Waals surface area contributed by atoms with Crippen LogP contribution in [0, 0.1) is 0 Å². The summed E-state index contributed by atoms with van der Waals surface area (Å²) in [7, 11) is 1.52. The van der Waals surface area contributed by atoms with E-state index in [2.05, 4.69) is 5.32 Å². The molecule has 1 aliphatic rings. The first kappa shape index (κ1) is 18.9. The standard InChI is InChI=1S/C19H21NO7/c1-24-8-7-20-17(21)10-26-18(22)11-25-12-5-6-14-13-3-2-4-15(13)19(23)27-16(14)9-12/h5-6,9H,2-4,7-8,10-11H2,1H3,(H,20,21). The molecule has 0 spiro atoms. The maximum absolute atomic E-state index is 12.0. The zero-order chi connectivity index (χ0) is 19.2. The van der Waals surface area contributed by atoms with Gasteiger partial charge >= 0.3 is 11.6 Å². The summed E-state index contributed by atoms with van der Waals surface area (Å²) in [6.45, 7) is -0.0177. The Morgan fingerprint density at radius 2 is 2.00 bits per heavy atom. The van der Waals surface area contributed by atoms with Crippen molar-refractivity contribution in [3.63, 3.8) is 0 Å². The number of amides is 1. The number of methoxy groups -OCH3 is 1. The van der Waals surface area contributed by atoms with E-state index in [1.54, 1.807) is 12.1 Å². The van der Waals surface area contributed by atoms with Crippen LogP contribution in [0.5, 0.6) is 5.75 Å². The summed E-state index contributed by atoms with van der Waals surface area (Å²) in [5, 5.41) is 3.43. The Morgan fingerprint density at radius 3 is 2.81 bits per heavy atom. The van der Waals surface area contributed by atoms with Gasteiger partial charge in [0.25, 0.3) is 5.91 Å². The largest absolute Gasteiger partial charge is 0.482 e. The van der Waals surface area contributed by atoms with Crippen LogP contribution in [0.1, 0.15) is 17.5 Å². The second-order valence-electron chi connectivity index (χ2n) is 6.15. The van der Waals surface area contributed by atoms with Gasteiger partial charge in [0.2, 0.25) is 0 Å². The van der Waals surface area contributed by atoms with Crippen molar-refractivity contribution < 1.29 is 28.2 Å². The van der Waals surface area contributed by atoms with Crippen LogP contribution in [0.2, 0.25) is 0 Å². The lowest BCUT2D eigenvalue weighted by Gasteiger charge is -2.09. The molecule has 3 rings (SSSR count). The molecule has 0 radical (unpaired) electrons. The van der Waals surface area contributed by atoms with Gasteiger partial charge in [-0.3, -0.25) is 4.79 Å². The highest BCUT2D eigenvalue weighted by atomic mass is 16.6. The van der Waals surface area contributed by atoms with Gasteiger partial charge in [-0.2, -0.15) is 0 Å². The van der Waals surface area contributed by atoms with Crippen LogP contribution in [-0.2, 0) is 31.9 Å². The van der Waals surface area contributed by atoms with Crippen molar-refractivity contribution in [1.82, 2.24) is 5.32 Å². The average Bonchev–Trinajstić information content (AvgIpc) is 3.15. The fraction of sp³-hybridized carbons (Fsp3) is 0.421. The highest BCUT2D eigenvalue weighted by Crippen LogP contribution is 2.29. The molecule has 8 heteroatoms. The van der Waals surface area contributed by atoms with Crippen LogP contribution in [0.3, 0.4) is 0 Å². The van der Waals surface area contributed by atoms with Gasteiger partial charge < -0.3 is 23.9 Å². The normalized spacial score (nSPS) is 12.6. The van der Waals surface area contributed by atoms with Crippen molar-refractivity contribution in [3.8, 4) is 5.75 Å². The average molecular weight is 375 g/mol. The highest BCUT2D eigenvalue weighted by Gasteiger charge is 2.19. The summed E-state index contributed by atoms with van der Waals surface area (Å²) < 4.78 is 20.4. The van der Waals surface area contributed by atoms with Crippen LogP contribution in [0.25, 0.3) is 11.0 Å². The van der Waals surface area contributed by atoms with Crippen molar-refractivity contribution in [2.24, 2.45) is 0 Å². The van der Waals surface area contributed by atoms with Gasteiger partial charge in [-0.05, 0) is 37.0 Å². The number of benzene rings is 1. The number of carbonyl (C=O) groups is 2. The molecular weight excluding hydrogens is 354 g/mol. The van der Waals surface area contributed by atoms with Crippen LogP contribution in [-0.4, -0.2) is 45.4 Å². The minimum atomic E-state index is -0.674. The number of carbonyl (C=O) groups excluding carboxylic acids is 2. The highest BCUT2D eigenvalue weighted by molar-refractivity contribution is 5.83. The molecule has 0 bridgehead atoms. The van der Waals surface area contributed by atoms with Crippen molar-refractivity contribution in [2.75, 3.05) is 33.5 Å². The van der Waals surface area contributed by atoms with Crippen molar-refractivity contribution in [1.29, 1.82) is 0 Å². The molecule has 0 saturated heterocycles. The first-order valence-electron chi connectivity index (χ1n) is 8.71. The van der Waals surface area contributed by atoms with Gasteiger partial charge in [0.1, 0.15) is 11.3 Å². The third kappa shape index (κ3) is 4.65. The topological polar surface area (TPSA) is 104 Å². The number of hydrogen-bond acceptors (Lipinski definition) is 7. The monoisotopic (exact) mass is 375 g/mol. The van der Waals surface area contributed by atoms with Gasteiger partial charge in [0.05, 0.1) is 6.61 Å². The number of rotatable bonds is 8. The van der Waals surface area contributed by atoms with Gasteiger partial charge in [0.15, 0.2) is 13.2 Å². The Morgan fingerprint density at radius 1 is 1.19 bits per heavy atom. The van der Waals surface area contributed by atoms with E-state index in [0.717, 1.165) is 35.8 Å². The van der Waals surface area contributed by atoms with E-state index in [0.29, 0.717) is 24.5 Å². The third-order valence-electron chi connectivity index (χ3n) is 4.29. The van der Waals surface area contributed by atoms with Gasteiger partial charge in [-0.15, -0.1) is 0 Å². The van der Waals surface area contributed by atoms with E-state index >= 15 is 0 Å². The first-order chi connectivity index (χ1) is 13.1. The number of hydrogen-bond donors (Lipinski definition) is 1. The van der Waals surface area contributed by atoms with E-state index in [9.17, 15) is 14.4 Å². The molecule has 144 valence electrons. The quantitative estimate of drug-likeness (QED) is 0.416. The molecule has 0 unspecified atom stereocenters. The minimum absolute atomic E-state index is 0.314. The molecule has 27 heavy (non-hydrogen) atoms. The fourth-order valence-electron chi connectivity index (χ4n) is 3.03. The predicted octanol–water partition coefficient (Wildman–Crippen LogP) is 0.966. The SMILES string of the molecule is COCCNC(=O)COC(=O)COc1ccc2c3c(c(=O)oc2c1)CCC3. The molecule has 2 aromatic rings. The number of ether oxygens (including phenoxy) is 3. The number of aryl methyl sites for hydroxylation is 1. The lowest BCUT2D eigenvalue weighted by Crippen LogP contribution is -2.32. The van der Waals surface area contributed by atoms with E-state index in [1.165, 1.54) is 7.11 Å². The van der Waals surface area contributed by atoms with E-state index in [1.807, 2.05) is 6.07 Å². The maximum atomic E-state index is 12.0. The zero-order valence-electron chi connectivity index (χ0n) is 15.0. The molecule has 0 aliphatic heterocycles. The van der Waals surface area contributed by atoms with Crippen LogP contribution < -0.4 is 15.7 Å². The number of nitrogens with one attached hydrogen (secondary N) is 1. The van der Waals surface area contributed by atoms with Crippen molar-refractivity contribution in [2.45, 2.75) is 19.3 Å². The molecule has 0 fully saturated rings. The van der Waals surface area contributed by atoms with Crippen LogP contribution >= 0.6 is 0 Å². The molecule has 1 heterocycles. The Kier molecular flexibility index (Phi) is 6.08. The zero-order valence-corrected chi connectivity index (χ0v) is 15.0. The summed E-state index contributed by atoms with van der Waals surface area (Å²) in [5.41, 5.74) is 1.91. The Bertz CT molecular complexity index is 903. The van der Waals surface area contributed by atoms with E-state index in [4.69, 9.17) is 18.6 Å². The second-order valence-corrected chi connectivity index (χ2v) is 6.15. The molecule has 0 atom stereocenters. The lowest BCUT2D eigenvalue weighted by molar-refractivity contribution is -0.150. The molecule has 0 saturated carbocycles. The molecule has 1 aromatic heterocycles. The summed E-state index contributed by atoms with van der Waals surface area (Å²) in [6.07, 6.45) is 2.55. The van der Waals surface area contributed by atoms with Crippen LogP contribution in [0.15, 0.2) is 27.4 Å². The summed E-state index contributed by atoms with van der Waals surface area (Å²) in [6, 6.07) is 5.12. The maximum Gasteiger partial charge on any atom is 0.344 e. The fourth-order valence-corrected chi connectivity index (χ4v) is 3.03. The molecular formula is C19H21NO7. The Hall–Kier alpha value is -2.87. The smallest absolute Gasteiger partial charge is 0.344 e. The Balaban J connectivity index is 1.54. The van der Waals surface area contributed by atoms with E-state index in [-0.39, 0.29) is 18.8 Å². The predicted molar refractivity (Wildman–Crippen MR) is 95.8 cm³/mol. The van der Waals surface area contributed by atoms with Crippen molar-refractivity contribution >= 4 is 22.8 Å². The van der Waals surface area contributed by atoms with Crippen LogP contribution in [0.4, 0.5) is 0 Å². The molecule has 1 aromatic carbocycles. The molecule has 1 N–H and O–H groups in total. The van der Waals surface area contributed by atoms with Gasteiger partial charge in [0, 0.05) is 30.7 Å². The Labute approximate surface area is 155 Å². The van der Waals surface area contributed by atoms with Crippen molar-refractivity contribution in [3.05, 3.63) is 39.7 Å². The summed E-state index contributed by atoms with van der Waals surface area (Å²) in [5.74, 6) is -0.709. The first-order valence-corrected chi connectivity index (χ1v) is 8.71. The summed E-state index contributed by atoms with van der Waals surface area (Å²) >= 11 is 0. The number of fused-ring (bicyclic) bond motifs is 3. The van der Waals surface area contributed by atoms with E-state index < -0.39 is 11.9 Å². The molecule has 1 amide bonds. The van der Waals surface area contributed by atoms with Gasteiger partial charge in [-0.25, -0.2) is 9.59 Å². The lowest BCUT2D eigenvalue weighted by atomic mass is 10.1. The molecule has 1 aliphatic carbocycles. The minimum Gasteiger partial charge on any atom is -0.482 e.